The molecule has 0 saturated heterocycles. The van der Waals surface area contributed by atoms with Crippen LogP contribution in [0.5, 0.6) is 17.2 Å². The molecule has 0 radical (unpaired) electrons. The fourth-order valence-electron chi connectivity index (χ4n) is 4.29. The molecule has 3 amide bonds. The number of hydrogen-bond donors (Lipinski definition) is 3. The van der Waals surface area contributed by atoms with Gasteiger partial charge in [-0.2, -0.15) is 5.10 Å². The maximum Gasteiger partial charge on any atom is 0.338 e. The van der Waals surface area contributed by atoms with Crippen molar-refractivity contribution >= 4 is 71.9 Å². The average Bonchev–Trinajstić information content (AvgIpc) is 3.00. The Kier molecular flexibility index (Phi) is 12.0. The summed E-state index contributed by atoms with van der Waals surface area (Å²) in [5, 5.41) is 9.35. The molecule has 0 fully saturated rings. The normalized spacial score (nSPS) is 14.4. The van der Waals surface area contributed by atoms with Gasteiger partial charge in [0.25, 0.3) is 5.91 Å². The van der Waals surface area contributed by atoms with Crippen LogP contribution in [-0.2, 0) is 20.9 Å². The number of allylic oxidation sites excluding steroid dienone is 1. The molecule has 0 aromatic heterocycles. The smallest absolute Gasteiger partial charge is 0.338 e. The summed E-state index contributed by atoms with van der Waals surface area (Å²) < 4.78 is 24.7. The number of urea groups is 1. The molecule has 236 valence electrons. The zero-order chi connectivity index (χ0) is 32.5. The van der Waals surface area contributed by atoms with Crippen molar-refractivity contribution in [1.29, 1.82) is 0 Å². The van der Waals surface area contributed by atoms with Gasteiger partial charge in [0.15, 0.2) is 18.1 Å². The lowest BCUT2D eigenvalue weighted by molar-refractivity contribution is -0.139. The second-order valence-corrected chi connectivity index (χ2v) is 12.1. The van der Waals surface area contributed by atoms with Gasteiger partial charge in [0.2, 0.25) is 0 Å². The number of amides is 3. The van der Waals surface area contributed by atoms with E-state index in [0.717, 1.165) is 10.0 Å². The van der Waals surface area contributed by atoms with Gasteiger partial charge >= 0.3 is 12.0 Å². The van der Waals surface area contributed by atoms with Crippen LogP contribution in [0.1, 0.15) is 36.6 Å². The molecule has 4 rings (SSSR count). The number of hydrogen-bond acceptors (Lipinski definition) is 8. The summed E-state index contributed by atoms with van der Waals surface area (Å²) in [5.41, 5.74) is 5.38. The van der Waals surface area contributed by atoms with E-state index >= 15 is 0 Å². The second-order valence-electron chi connectivity index (χ2n) is 9.51. The molecule has 0 unspecified atom stereocenters. The fourth-order valence-corrected chi connectivity index (χ4v) is 6.00. The summed E-state index contributed by atoms with van der Waals surface area (Å²) in [4.78, 5) is 37.2. The zero-order valence-corrected chi connectivity index (χ0v) is 29.2. The van der Waals surface area contributed by atoms with Gasteiger partial charge in [-0.25, -0.2) is 15.0 Å². The summed E-state index contributed by atoms with van der Waals surface area (Å²) in [6.45, 7) is 3.55. The number of nitrogens with zero attached hydrogens (tertiary/aromatic N) is 1. The fraction of sp³-hybridized carbons (Fsp3) is 0.226. The number of halogens is 3. The Bertz CT molecular complexity index is 1620. The van der Waals surface area contributed by atoms with Crippen LogP contribution in [0.15, 0.2) is 84.4 Å². The van der Waals surface area contributed by atoms with Gasteiger partial charge in [-0.1, -0.05) is 34.1 Å². The van der Waals surface area contributed by atoms with Crippen LogP contribution >= 0.6 is 47.8 Å². The van der Waals surface area contributed by atoms with Crippen molar-refractivity contribution < 1.29 is 33.3 Å². The molecule has 1 aliphatic rings. The van der Waals surface area contributed by atoms with Crippen molar-refractivity contribution in [2.24, 2.45) is 5.10 Å². The molecule has 0 saturated carbocycles. The Balaban J connectivity index is 1.35. The summed E-state index contributed by atoms with van der Waals surface area (Å²) >= 11 is 10.5. The van der Waals surface area contributed by atoms with Crippen LogP contribution in [-0.4, -0.2) is 44.4 Å². The third kappa shape index (κ3) is 9.08. The molecule has 11 nitrogen and oxygen atoms in total. The molecule has 1 atom stereocenters. The molecule has 0 aliphatic carbocycles. The maximum absolute atomic E-state index is 12.6. The Morgan fingerprint density at radius 1 is 1.00 bits per heavy atom. The number of ether oxygens (including phenoxy) is 4. The van der Waals surface area contributed by atoms with Gasteiger partial charge in [-0.15, -0.1) is 0 Å². The third-order valence-electron chi connectivity index (χ3n) is 6.36. The highest BCUT2D eigenvalue weighted by Gasteiger charge is 2.32. The predicted molar refractivity (Wildman–Crippen MR) is 178 cm³/mol. The monoisotopic (exact) mass is 806 g/mol. The van der Waals surface area contributed by atoms with Crippen molar-refractivity contribution in [3.8, 4) is 17.2 Å². The van der Waals surface area contributed by atoms with Crippen LogP contribution in [0.4, 0.5) is 4.79 Å². The molecule has 1 aliphatic heterocycles. The Morgan fingerprint density at radius 3 is 2.38 bits per heavy atom. The molecule has 1 heterocycles. The number of hydrazone groups is 1. The minimum atomic E-state index is -0.773. The number of benzene rings is 3. The quantitative estimate of drug-likeness (QED) is 0.111. The number of carbonyl (C=O) groups excluding carboxylic acids is 3. The van der Waals surface area contributed by atoms with Gasteiger partial charge in [0.1, 0.15) is 12.4 Å². The van der Waals surface area contributed by atoms with Crippen molar-refractivity contribution in [3.05, 3.63) is 96.0 Å². The number of methoxy groups -OCH3 is 1. The largest absolute Gasteiger partial charge is 0.493 e. The number of carbonyl (C=O) groups is 3. The van der Waals surface area contributed by atoms with E-state index < -0.39 is 23.9 Å². The molecular formula is C31H29Br3N4O7. The number of nitrogens with one attached hydrogen (secondary N) is 3. The lowest BCUT2D eigenvalue weighted by Gasteiger charge is -2.28. The van der Waals surface area contributed by atoms with Gasteiger partial charge in [0, 0.05) is 10.2 Å². The van der Waals surface area contributed by atoms with Gasteiger partial charge in [-0.05, 0) is 98.8 Å². The summed E-state index contributed by atoms with van der Waals surface area (Å²) in [7, 11) is 1.44. The minimum Gasteiger partial charge on any atom is -0.493 e. The third-order valence-corrected chi connectivity index (χ3v) is 8.07. The Hall–Kier alpha value is -3.88. The summed E-state index contributed by atoms with van der Waals surface area (Å²) in [5.74, 6) is 0.168. The molecule has 14 heteroatoms. The number of rotatable bonds is 12. The van der Waals surface area contributed by atoms with Crippen LogP contribution < -0.4 is 30.3 Å². The van der Waals surface area contributed by atoms with Gasteiger partial charge in [-0.3, -0.25) is 4.79 Å². The second kappa shape index (κ2) is 15.9. The molecule has 3 N–H and O–H groups in total. The van der Waals surface area contributed by atoms with E-state index in [0.29, 0.717) is 43.9 Å². The van der Waals surface area contributed by atoms with E-state index in [9.17, 15) is 14.4 Å². The minimum absolute atomic E-state index is 0.183. The van der Waals surface area contributed by atoms with Crippen molar-refractivity contribution in [2.45, 2.75) is 26.5 Å². The van der Waals surface area contributed by atoms with Crippen LogP contribution in [0.25, 0.3) is 0 Å². The SMILES string of the molecule is CCOC(=O)C1=C(C)NC(=O)N[C@@H]1c1ccc(OCC(=O)N/N=C\c2cc(Br)c(OCc3ccc(Br)cc3)c(Br)c2)c(OC)c1. The van der Waals surface area contributed by atoms with Crippen molar-refractivity contribution in [1.82, 2.24) is 16.1 Å². The number of esters is 1. The summed E-state index contributed by atoms with van der Waals surface area (Å²) in [6, 6.07) is 15.1. The lowest BCUT2D eigenvalue weighted by Crippen LogP contribution is -2.45. The van der Waals surface area contributed by atoms with Gasteiger partial charge < -0.3 is 29.6 Å². The molecule has 45 heavy (non-hydrogen) atoms. The molecule has 3 aromatic rings. The van der Waals surface area contributed by atoms with E-state index in [4.69, 9.17) is 18.9 Å². The Labute approximate surface area is 285 Å². The van der Waals surface area contributed by atoms with Crippen LogP contribution in [0.2, 0.25) is 0 Å². The van der Waals surface area contributed by atoms with E-state index in [2.05, 4.69) is 69.0 Å². The average molecular weight is 809 g/mol. The topological polar surface area (TPSA) is 137 Å². The predicted octanol–water partition coefficient (Wildman–Crippen LogP) is 6.28. The molecule has 0 spiro atoms. The maximum atomic E-state index is 12.6. The highest BCUT2D eigenvalue weighted by atomic mass is 79.9. The molecular weight excluding hydrogens is 780 g/mol. The highest BCUT2D eigenvalue weighted by Crippen LogP contribution is 2.36. The first-order chi connectivity index (χ1) is 21.6. The Morgan fingerprint density at radius 2 is 1.71 bits per heavy atom. The molecule has 3 aromatic carbocycles. The van der Waals surface area contributed by atoms with E-state index in [1.54, 1.807) is 32.0 Å². The first-order valence-corrected chi connectivity index (χ1v) is 15.9. The zero-order valence-electron chi connectivity index (χ0n) is 24.4. The van der Waals surface area contributed by atoms with E-state index in [-0.39, 0.29) is 24.5 Å². The first-order valence-electron chi connectivity index (χ1n) is 13.5. The molecule has 0 bridgehead atoms. The summed E-state index contributed by atoms with van der Waals surface area (Å²) in [6.07, 6.45) is 1.49. The van der Waals surface area contributed by atoms with Crippen LogP contribution in [0, 0.1) is 0 Å². The van der Waals surface area contributed by atoms with Crippen molar-refractivity contribution in [2.75, 3.05) is 20.3 Å². The van der Waals surface area contributed by atoms with Crippen molar-refractivity contribution in [3.63, 3.8) is 0 Å². The van der Waals surface area contributed by atoms with Crippen LogP contribution in [0.3, 0.4) is 0 Å². The van der Waals surface area contributed by atoms with E-state index in [1.165, 1.54) is 13.3 Å². The highest BCUT2D eigenvalue weighted by molar-refractivity contribution is 9.11. The van der Waals surface area contributed by atoms with E-state index in [1.807, 2.05) is 36.4 Å². The first kappa shape index (κ1) is 34.0. The standard InChI is InChI=1S/C31H29Br3N4O7/c1-4-43-30(40)27-17(2)36-31(41)37-28(27)20-7-10-24(25(13-20)42-3)44-16-26(39)38-35-14-19-11-22(33)29(23(34)12-19)45-15-18-5-8-21(32)9-6-18/h5-14,28H,4,15-16H2,1-3H3,(H,38,39)(H2,36,37,41)/b35-14-/t28-/m1/s1. The van der Waals surface area contributed by atoms with Gasteiger partial charge in [0.05, 0.1) is 40.5 Å². The lowest BCUT2D eigenvalue weighted by atomic mass is 9.95.